The van der Waals surface area contributed by atoms with Gasteiger partial charge in [0.1, 0.15) is 13.2 Å². The normalized spacial score (nSPS) is 17.2. The van der Waals surface area contributed by atoms with Crippen LogP contribution >= 0.6 is 0 Å². The van der Waals surface area contributed by atoms with Gasteiger partial charge < -0.3 is 14.4 Å². The van der Waals surface area contributed by atoms with Gasteiger partial charge in [-0.1, -0.05) is 37.3 Å². The minimum Gasteiger partial charge on any atom is -0.486 e. The lowest BCUT2D eigenvalue weighted by atomic mass is 9.91. The van der Waals surface area contributed by atoms with Gasteiger partial charge in [0.2, 0.25) is 0 Å². The molecule has 0 fully saturated rings. The predicted octanol–water partition coefficient (Wildman–Crippen LogP) is 4.02. The van der Waals surface area contributed by atoms with Gasteiger partial charge in [-0.25, -0.2) is 8.42 Å². The monoisotopic (exact) mass is 464 g/mol. The molecule has 0 saturated carbocycles. The third-order valence-electron chi connectivity index (χ3n) is 5.91. The van der Waals surface area contributed by atoms with Crippen LogP contribution < -0.4 is 14.2 Å². The molecular formula is C25H24N2O5S. The molecule has 7 nitrogen and oxygen atoms in total. The summed E-state index contributed by atoms with van der Waals surface area (Å²) in [5, 5.41) is 0. The highest BCUT2D eigenvalue weighted by molar-refractivity contribution is 7.92. The maximum atomic E-state index is 13.2. The minimum absolute atomic E-state index is 0.0601. The number of rotatable bonds is 4. The van der Waals surface area contributed by atoms with Crippen LogP contribution in [0.15, 0.2) is 71.6 Å². The van der Waals surface area contributed by atoms with E-state index in [1.807, 2.05) is 18.2 Å². The molecule has 33 heavy (non-hydrogen) atoms. The van der Waals surface area contributed by atoms with Crippen LogP contribution in [0, 0.1) is 0 Å². The molecular weight excluding hydrogens is 440 g/mol. The Labute approximate surface area is 193 Å². The zero-order valence-corrected chi connectivity index (χ0v) is 19.0. The second-order valence-electron chi connectivity index (χ2n) is 8.28. The number of amides is 1. The number of nitrogens with zero attached hydrogens (tertiary/aromatic N) is 1. The Morgan fingerprint density at radius 2 is 1.76 bits per heavy atom. The summed E-state index contributed by atoms with van der Waals surface area (Å²) in [6, 6.07) is 19.2. The van der Waals surface area contributed by atoms with Crippen LogP contribution in [0.1, 0.15) is 34.3 Å². The lowest BCUT2D eigenvalue weighted by Gasteiger charge is -2.33. The van der Waals surface area contributed by atoms with E-state index in [4.69, 9.17) is 9.47 Å². The molecule has 3 aromatic carbocycles. The fraction of sp³-hybridized carbons (Fsp3) is 0.240. The molecule has 3 aromatic rings. The molecule has 1 unspecified atom stereocenters. The maximum absolute atomic E-state index is 13.2. The maximum Gasteiger partial charge on any atom is 0.262 e. The Morgan fingerprint density at radius 1 is 0.970 bits per heavy atom. The van der Waals surface area contributed by atoms with E-state index in [0.29, 0.717) is 49.1 Å². The Hall–Kier alpha value is -3.52. The largest absolute Gasteiger partial charge is 0.486 e. The molecule has 1 atom stereocenters. The zero-order chi connectivity index (χ0) is 23.0. The van der Waals surface area contributed by atoms with Crippen molar-refractivity contribution in [2.75, 3.05) is 24.5 Å². The van der Waals surface area contributed by atoms with E-state index < -0.39 is 10.0 Å². The fourth-order valence-electron chi connectivity index (χ4n) is 4.32. The van der Waals surface area contributed by atoms with Crippen LogP contribution in [0.5, 0.6) is 11.5 Å². The van der Waals surface area contributed by atoms with Crippen molar-refractivity contribution in [3.8, 4) is 11.5 Å². The number of nitrogens with one attached hydrogen (secondary N) is 1. The van der Waals surface area contributed by atoms with Crippen molar-refractivity contribution in [1.82, 2.24) is 4.90 Å². The van der Waals surface area contributed by atoms with E-state index in [-0.39, 0.29) is 16.7 Å². The third-order valence-corrected chi connectivity index (χ3v) is 7.29. The number of carbonyl (C=O) groups is 1. The molecule has 0 bridgehead atoms. The van der Waals surface area contributed by atoms with Gasteiger partial charge >= 0.3 is 0 Å². The van der Waals surface area contributed by atoms with Crippen molar-refractivity contribution in [3.05, 3.63) is 83.4 Å². The fourth-order valence-corrected chi connectivity index (χ4v) is 5.38. The van der Waals surface area contributed by atoms with Gasteiger partial charge in [0.25, 0.3) is 15.9 Å². The second-order valence-corrected chi connectivity index (χ2v) is 9.96. The van der Waals surface area contributed by atoms with Crippen molar-refractivity contribution in [2.24, 2.45) is 0 Å². The lowest BCUT2D eigenvalue weighted by Crippen LogP contribution is -2.37. The molecule has 0 spiro atoms. The average molecular weight is 465 g/mol. The quantitative estimate of drug-likeness (QED) is 0.631. The van der Waals surface area contributed by atoms with E-state index in [1.165, 1.54) is 17.7 Å². The van der Waals surface area contributed by atoms with Gasteiger partial charge in [0, 0.05) is 30.4 Å². The standard InChI is InChI=1S/C25H24N2O5S/c1-17-15-27(16-19-5-2-3-8-22(17)19)25(28)18-6-4-7-20(13-18)26-33(29,30)21-9-10-23-24(14-21)32-12-11-31-23/h2-10,13-14,17,26H,11-12,15-16H2,1H3. The molecule has 2 heterocycles. The number of carbonyl (C=O) groups excluding carboxylic acids is 1. The van der Waals surface area contributed by atoms with Crippen LogP contribution in [0.3, 0.4) is 0 Å². The molecule has 0 aromatic heterocycles. The van der Waals surface area contributed by atoms with Crippen LogP contribution in [0.25, 0.3) is 0 Å². The van der Waals surface area contributed by atoms with Crippen molar-refractivity contribution < 1.29 is 22.7 Å². The summed E-state index contributed by atoms with van der Waals surface area (Å²) in [5.41, 5.74) is 3.16. The molecule has 1 N–H and O–H groups in total. The summed E-state index contributed by atoms with van der Waals surface area (Å²) >= 11 is 0. The first-order chi connectivity index (χ1) is 15.9. The van der Waals surface area contributed by atoms with Gasteiger partial charge in [-0.3, -0.25) is 9.52 Å². The SMILES string of the molecule is CC1CN(C(=O)c2cccc(NS(=O)(=O)c3ccc4c(c3)OCCO4)c2)Cc2ccccc21. The molecule has 0 saturated heterocycles. The summed E-state index contributed by atoms with van der Waals surface area (Å²) in [6.07, 6.45) is 0. The predicted molar refractivity (Wildman–Crippen MR) is 124 cm³/mol. The highest BCUT2D eigenvalue weighted by Gasteiger charge is 2.26. The Balaban J connectivity index is 1.36. The highest BCUT2D eigenvalue weighted by Crippen LogP contribution is 2.33. The van der Waals surface area contributed by atoms with E-state index in [0.717, 1.165) is 5.56 Å². The lowest BCUT2D eigenvalue weighted by molar-refractivity contribution is 0.0721. The summed E-state index contributed by atoms with van der Waals surface area (Å²) in [4.78, 5) is 15.1. The molecule has 8 heteroatoms. The molecule has 1 amide bonds. The highest BCUT2D eigenvalue weighted by atomic mass is 32.2. The molecule has 2 aliphatic heterocycles. The first-order valence-electron chi connectivity index (χ1n) is 10.8. The van der Waals surface area contributed by atoms with Crippen molar-refractivity contribution >= 4 is 21.6 Å². The van der Waals surface area contributed by atoms with Gasteiger partial charge in [-0.2, -0.15) is 0 Å². The van der Waals surface area contributed by atoms with Crippen LogP contribution in [0.4, 0.5) is 5.69 Å². The average Bonchev–Trinajstić information content (AvgIpc) is 2.83. The smallest absolute Gasteiger partial charge is 0.262 e. The van der Waals surface area contributed by atoms with Gasteiger partial charge in [0.15, 0.2) is 11.5 Å². The molecule has 170 valence electrons. The first-order valence-corrected chi connectivity index (χ1v) is 12.3. The van der Waals surface area contributed by atoms with E-state index in [1.54, 1.807) is 35.2 Å². The summed E-state index contributed by atoms with van der Waals surface area (Å²) in [6.45, 7) is 4.05. The Bertz CT molecular complexity index is 1320. The first kappa shape index (κ1) is 21.3. The zero-order valence-electron chi connectivity index (χ0n) is 18.2. The molecule has 0 aliphatic carbocycles. The summed E-state index contributed by atoms with van der Waals surface area (Å²) in [5.74, 6) is 1.02. The minimum atomic E-state index is -3.87. The van der Waals surface area contributed by atoms with E-state index in [9.17, 15) is 13.2 Å². The number of hydrogen-bond donors (Lipinski definition) is 1. The van der Waals surface area contributed by atoms with Crippen LogP contribution in [-0.4, -0.2) is 39.0 Å². The number of sulfonamides is 1. The molecule has 5 rings (SSSR count). The van der Waals surface area contributed by atoms with Crippen molar-refractivity contribution in [2.45, 2.75) is 24.3 Å². The Morgan fingerprint density at radius 3 is 2.61 bits per heavy atom. The number of ether oxygens (including phenoxy) is 2. The van der Waals surface area contributed by atoms with Crippen LogP contribution in [0.2, 0.25) is 0 Å². The summed E-state index contributed by atoms with van der Waals surface area (Å²) < 4.78 is 39.4. The Kier molecular flexibility index (Phi) is 5.46. The van der Waals surface area contributed by atoms with Crippen molar-refractivity contribution in [3.63, 3.8) is 0 Å². The van der Waals surface area contributed by atoms with Gasteiger partial charge in [-0.05, 0) is 47.4 Å². The summed E-state index contributed by atoms with van der Waals surface area (Å²) in [7, 11) is -3.87. The topological polar surface area (TPSA) is 84.9 Å². The number of hydrogen-bond acceptors (Lipinski definition) is 5. The second kappa shape index (κ2) is 8.44. The van der Waals surface area contributed by atoms with Crippen LogP contribution in [-0.2, 0) is 16.6 Å². The third kappa shape index (κ3) is 4.26. The van der Waals surface area contributed by atoms with E-state index in [2.05, 4.69) is 17.7 Å². The number of fused-ring (bicyclic) bond motifs is 2. The molecule has 2 aliphatic rings. The number of benzene rings is 3. The van der Waals surface area contributed by atoms with E-state index >= 15 is 0 Å². The number of anilines is 1. The van der Waals surface area contributed by atoms with Gasteiger partial charge in [0.05, 0.1) is 4.90 Å². The van der Waals surface area contributed by atoms with Crippen molar-refractivity contribution in [1.29, 1.82) is 0 Å². The molecule has 0 radical (unpaired) electrons. The van der Waals surface area contributed by atoms with Gasteiger partial charge in [-0.15, -0.1) is 0 Å².